The van der Waals surface area contributed by atoms with Crippen molar-refractivity contribution < 1.29 is 48.2 Å². The lowest BCUT2D eigenvalue weighted by Crippen LogP contribution is -2.58. The summed E-state index contributed by atoms with van der Waals surface area (Å²) in [7, 11) is 0. The van der Waals surface area contributed by atoms with Gasteiger partial charge in [0, 0.05) is 24.7 Å². The van der Waals surface area contributed by atoms with Crippen molar-refractivity contribution in [3.05, 3.63) is 18.2 Å². The van der Waals surface area contributed by atoms with Gasteiger partial charge in [-0.05, 0) is 18.8 Å². The van der Waals surface area contributed by atoms with E-state index in [2.05, 4.69) is 20.6 Å². The Morgan fingerprint density at radius 1 is 0.949 bits per heavy atom. The number of nitrogens with zero attached hydrogens (tertiary/aromatic N) is 1. The first-order valence-electron chi connectivity index (χ1n) is 12.0. The van der Waals surface area contributed by atoms with E-state index in [-0.39, 0.29) is 25.2 Å². The largest absolute Gasteiger partial charge is 0.481 e. The van der Waals surface area contributed by atoms with Gasteiger partial charge in [0.25, 0.3) is 0 Å². The van der Waals surface area contributed by atoms with Crippen LogP contribution in [-0.4, -0.2) is 92.2 Å². The Hall–Kier alpha value is -4.21. The Kier molecular flexibility index (Phi) is 13.4. The van der Waals surface area contributed by atoms with Crippen LogP contribution in [0.2, 0.25) is 0 Å². The van der Waals surface area contributed by atoms with Crippen LogP contribution in [0.5, 0.6) is 0 Å². The third-order valence-corrected chi connectivity index (χ3v) is 5.36. The molecular formula is C23H33FN6O9. The van der Waals surface area contributed by atoms with Crippen LogP contribution in [0, 0.1) is 5.92 Å². The second kappa shape index (κ2) is 15.9. The van der Waals surface area contributed by atoms with Crippen LogP contribution < -0.4 is 21.7 Å². The maximum Gasteiger partial charge on any atom is 0.305 e. The molecule has 0 aliphatic rings. The molecule has 0 bridgehead atoms. The van der Waals surface area contributed by atoms with Crippen molar-refractivity contribution in [2.45, 2.75) is 70.1 Å². The summed E-state index contributed by atoms with van der Waals surface area (Å²) in [6, 6.07) is -5.86. The first kappa shape index (κ1) is 32.8. The number of rotatable bonds is 18. The number of carbonyl (C=O) groups is 7. The standard InChI is InChI=1S/C23H33FN6O9/c1-11(2)5-13(25)21(37)28-14(3-4-18(32)33)22(38)30-16(6-12-9-26-10-27-12)23(39)29-15(7-19(34)35)20(36)17(31)8-24/h9-11,13-16H,3-8,25H2,1-2H3,(H,26,27)(H,28,37)(H,29,39)(H,30,38)(H,32,33)(H,34,35)/t13-,14-,15-,16-/m0/s1. The average Bonchev–Trinajstić information content (AvgIpc) is 3.36. The van der Waals surface area contributed by atoms with E-state index >= 15 is 0 Å². The molecule has 0 aliphatic carbocycles. The molecule has 1 aromatic heterocycles. The lowest BCUT2D eigenvalue weighted by Gasteiger charge is -2.25. The molecule has 1 rings (SSSR count). The van der Waals surface area contributed by atoms with E-state index in [0.29, 0.717) is 5.69 Å². The molecule has 8 N–H and O–H groups in total. The maximum absolute atomic E-state index is 13.1. The molecule has 0 aromatic carbocycles. The Labute approximate surface area is 222 Å². The van der Waals surface area contributed by atoms with Gasteiger partial charge in [-0.3, -0.25) is 33.6 Å². The quantitative estimate of drug-likeness (QED) is 0.0996. The van der Waals surface area contributed by atoms with Gasteiger partial charge in [-0.1, -0.05) is 13.8 Å². The van der Waals surface area contributed by atoms with Crippen LogP contribution >= 0.6 is 0 Å². The Balaban J connectivity index is 3.19. The van der Waals surface area contributed by atoms with E-state index in [1.807, 2.05) is 19.2 Å². The molecule has 15 nitrogen and oxygen atoms in total. The second-order valence-corrected chi connectivity index (χ2v) is 9.15. The Bertz CT molecular complexity index is 1050. The van der Waals surface area contributed by atoms with Gasteiger partial charge in [-0.25, -0.2) is 9.37 Å². The molecule has 0 spiro atoms. The predicted octanol–water partition coefficient (Wildman–Crippen LogP) is -1.77. The number of ketones is 2. The summed E-state index contributed by atoms with van der Waals surface area (Å²) in [5.74, 6) is -8.61. The minimum atomic E-state index is -1.92. The fourth-order valence-electron chi connectivity index (χ4n) is 3.44. The number of aliphatic carboxylic acids is 2. The van der Waals surface area contributed by atoms with Crippen molar-refractivity contribution in [2.24, 2.45) is 11.7 Å². The zero-order valence-electron chi connectivity index (χ0n) is 21.4. The van der Waals surface area contributed by atoms with E-state index in [1.54, 1.807) is 0 Å². The van der Waals surface area contributed by atoms with E-state index < -0.39 is 84.9 Å². The number of aromatic nitrogens is 2. The summed E-state index contributed by atoms with van der Waals surface area (Å²) in [6.45, 7) is 1.94. The molecule has 216 valence electrons. The number of carboxylic acids is 2. The van der Waals surface area contributed by atoms with E-state index in [4.69, 9.17) is 15.9 Å². The molecule has 16 heteroatoms. The third-order valence-electron chi connectivity index (χ3n) is 5.36. The highest BCUT2D eigenvalue weighted by Gasteiger charge is 2.33. The molecule has 0 saturated heterocycles. The number of aromatic amines is 1. The van der Waals surface area contributed by atoms with E-state index in [9.17, 15) is 38.0 Å². The number of nitrogens with one attached hydrogen (secondary N) is 4. The van der Waals surface area contributed by atoms with Gasteiger partial charge in [0.1, 0.15) is 18.1 Å². The number of amides is 3. The maximum atomic E-state index is 13.1. The number of H-pyrrole nitrogens is 1. The predicted molar refractivity (Wildman–Crippen MR) is 131 cm³/mol. The molecule has 0 unspecified atom stereocenters. The molecule has 0 fully saturated rings. The van der Waals surface area contributed by atoms with Gasteiger partial charge in [0.15, 0.2) is 6.67 Å². The number of carboxylic acid groups (broad SMARTS) is 2. The highest BCUT2D eigenvalue weighted by atomic mass is 19.1. The Morgan fingerprint density at radius 3 is 2.05 bits per heavy atom. The van der Waals surface area contributed by atoms with Gasteiger partial charge in [-0.2, -0.15) is 0 Å². The lowest BCUT2D eigenvalue weighted by atomic mass is 10.0. The zero-order chi connectivity index (χ0) is 29.7. The molecule has 1 aromatic rings. The van der Waals surface area contributed by atoms with Crippen molar-refractivity contribution in [1.82, 2.24) is 25.9 Å². The number of Topliss-reactive ketones (excluding diaryl/α,β-unsaturated/α-hetero) is 2. The summed E-state index contributed by atoms with van der Waals surface area (Å²) >= 11 is 0. The van der Waals surface area contributed by atoms with Gasteiger partial charge in [-0.15, -0.1) is 0 Å². The normalized spacial score (nSPS) is 14.0. The van der Waals surface area contributed by atoms with Crippen molar-refractivity contribution in [3.63, 3.8) is 0 Å². The number of halogens is 1. The van der Waals surface area contributed by atoms with Crippen LogP contribution in [-0.2, 0) is 40.0 Å². The van der Waals surface area contributed by atoms with Gasteiger partial charge >= 0.3 is 11.9 Å². The number of imidazole rings is 1. The van der Waals surface area contributed by atoms with Crippen molar-refractivity contribution in [2.75, 3.05) is 6.67 Å². The summed E-state index contributed by atoms with van der Waals surface area (Å²) in [4.78, 5) is 91.1. The SMILES string of the molecule is CC(C)C[C@H](N)C(=O)N[C@@H](CCC(=O)O)C(=O)N[C@@H](Cc1cnc[nH]1)C(=O)N[C@@H](CC(=O)O)C(=O)C(=O)CF. The van der Waals surface area contributed by atoms with Crippen LogP contribution in [0.4, 0.5) is 4.39 Å². The highest BCUT2D eigenvalue weighted by molar-refractivity contribution is 6.40. The monoisotopic (exact) mass is 556 g/mol. The minimum absolute atomic E-state index is 0.0465. The molecule has 1 heterocycles. The number of hydrogen-bond donors (Lipinski definition) is 7. The first-order valence-corrected chi connectivity index (χ1v) is 12.0. The van der Waals surface area contributed by atoms with Crippen molar-refractivity contribution >= 4 is 41.2 Å². The van der Waals surface area contributed by atoms with Gasteiger partial charge < -0.3 is 36.9 Å². The summed E-state index contributed by atoms with van der Waals surface area (Å²) in [6.07, 6.45) is 0.685. The van der Waals surface area contributed by atoms with Crippen molar-refractivity contribution in [3.8, 4) is 0 Å². The molecule has 3 amide bonds. The summed E-state index contributed by atoms with van der Waals surface area (Å²) < 4.78 is 12.7. The number of hydrogen-bond acceptors (Lipinski definition) is 9. The average molecular weight is 557 g/mol. The van der Waals surface area contributed by atoms with Crippen LogP contribution in [0.3, 0.4) is 0 Å². The van der Waals surface area contributed by atoms with Crippen LogP contribution in [0.25, 0.3) is 0 Å². The topological polar surface area (TPSA) is 251 Å². The van der Waals surface area contributed by atoms with Gasteiger partial charge in [0.05, 0.1) is 18.8 Å². The number of alkyl halides is 1. The Morgan fingerprint density at radius 2 is 1.54 bits per heavy atom. The van der Waals surface area contributed by atoms with Crippen LogP contribution in [0.15, 0.2) is 12.5 Å². The number of nitrogens with two attached hydrogens (primary N) is 1. The van der Waals surface area contributed by atoms with E-state index in [1.165, 1.54) is 12.5 Å². The minimum Gasteiger partial charge on any atom is -0.481 e. The smallest absolute Gasteiger partial charge is 0.305 e. The molecule has 4 atom stereocenters. The fourth-order valence-corrected chi connectivity index (χ4v) is 3.44. The molecule has 0 saturated carbocycles. The molecular weight excluding hydrogens is 523 g/mol. The fraction of sp³-hybridized carbons (Fsp3) is 0.565. The van der Waals surface area contributed by atoms with Crippen LogP contribution in [0.1, 0.15) is 45.2 Å². The molecule has 0 aliphatic heterocycles. The lowest BCUT2D eigenvalue weighted by molar-refractivity contribution is -0.144. The van der Waals surface area contributed by atoms with Gasteiger partial charge in [0.2, 0.25) is 29.3 Å². The summed E-state index contributed by atoms with van der Waals surface area (Å²) in [5.41, 5.74) is 6.17. The van der Waals surface area contributed by atoms with E-state index in [0.717, 1.165) is 0 Å². The summed E-state index contributed by atoms with van der Waals surface area (Å²) in [5, 5.41) is 24.9. The zero-order valence-corrected chi connectivity index (χ0v) is 21.4. The second-order valence-electron chi connectivity index (χ2n) is 9.15. The highest BCUT2D eigenvalue weighted by Crippen LogP contribution is 2.07. The first-order chi connectivity index (χ1) is 18.2. The number of carbonyl (C=O) groups excluding carboxylic acids is 5. The molecule has 0 radical (unpaired) electrons. The van der Waals surface area contributed by atoms with Crippen molar-refractivity contribution in [1.29, 1.82) is 0 Å². The molecule has 39 heavy (non-hydrogen) atoms. The third kappa shape index (κ3) is 11.8.